The van der Waals surface area contributed by atoms with Crippen LogP contribution in [-0.4, -0.2) is 25.8 Å². The van der Waals surface area contributed by atoms with Gasteiger partial charge in [-0.15, -0.1) is 0 Å². The van der Waals surface area contributed by atoms with Crippen LogP contribution in [0.4, 0.5) is 0 Å². The average molecular weight is 267 g/mol. The molecule has 0 amide bonds. The zero-order valence-corrected chi connectivity index (χ0v) is 13.2. The van der Waals surface area contributed by atoms with Crippen molar-refractivity contribution in [3.63, 3.8) is 0 Å². The maximum Gasteiger partial charge on any atom is 0.0494 e. The Morgan fingerprint density at radius 3 is 2.26 bits per heavy atom. The maximum absolute atomic E-state index is 5.67. The van der Waals surface area contributed by atoms with Crippen molar-refractivity contribution in [1.29, 1.82) is 0 Å². The smallest absolute Gasteiger partial charge is 0.0494 e. The number of nitrogens with one attached hydrogen (secondary N) is 1. The summed E-state index contributed by atoms with van der Waals surface area (Å²) >= 11 is 0. The predicted molar refractivity (Wildman–Crippen MR) is 81.4 cm³/mol. The highest BCUT2D eigenvalue weighted by molar-refractivity contribution is 4.83. The van der Waals surface area contributed by atoms with Gasteiger partial charge in [-0.2, -0.15) is 0 Å². The van der Waals surface area contributed by atoms with Crippen LogP contribution in [0.25, 0.3) is 0 Å². The third-order valence-electron chi connectivity index (χ3n) is 4.90. The van der Waals surface area contributed by atoms with Crippen LogP contribution in [0.15, 0.2) is 0 Å². The van der Waals surface area contributed by atoms with Crippen LogP contribution in [0, 0.1) is 17.3 Å². The van der Waals surface area contributed by atoms with Gasteiger partial charge in [0.25, 0.3) is 0 Å². The fourth-order valence-corrected chi connectivity index (χ4v) is 3.18. The molecule has 2 saturated carbocycles. The molecule has 0 unspecified atom stereocenters. The summed E-state index contributed by atoms with van der Waals surface area (Å²) in [6.45, 7) is 10.3. The third kappa shape index (κ3) is 5.83. The molecule has 0 heterocycles. The Kier molecular flexibility index (Phi) is 5.70. The predicted octanol–water partition coefficient (Wildman–Crippen LogP) is 4.00. The minimum absolute atomic E-state index is 0.502. The zero-order chi connectivity index (χ0) is 13.7. The van der Waals surface area contributed by atoms with Gasteiger partial charge in [0.15, 0.2) is 0 Å². The quantitative estimate of drug-likeness (QED) is 0.704. The lowest BCUT2D eigenvalue weighted by Crippen LogP contribution is -2.36. The molecule has 2 aliphatic carbocycles. The van der Waals surface area contributed by atoms with Crippen LogP contribution in [0.2, 0.25) is 0 Å². The first-order valence-electron chi connectivity index (χ1n) is 8.37. The van der Waals surface area contributed by atoms with E-state index >= 15 is 0 Å². The van der Waals surface area contributed by atoms with E-state index in [1.54, 1.807) is 0 Å². The van der Waals surface area contributed by atoms with E-state index in [4.69, 9.17) is 4.74 Å². The molecule has 0 atom stereocenters. The van der Waals surface area contributed by atoms with Gasteiger partial charge in [-0.1, -0.05) is 20.8 Å². The lowest BCUT2D eigenvalue weighted by Gasteiger charge is -2.37. The molecule has 2 fully saturated rings. The average Bonchev–Trinajstić information content (AvgIpc) is 3.17. The van der Waals surface area contributed by atoms with E-state index in [0.29, 0.717) is 5.41 Å². The molecule has 0 aromatic rings. The molecule has 0 spiro atoms. The largest absolute Gasteiger partial charge is 0.381 e. The third-order valence-corrected chi connectivity index (χ3v) is 4.90. The first-order chi connectivity index (χ1) is 9.05. The van der Waals surface area contributed by atoms with Crippen LogP contribution in [-0.2, 0) is 4.74 Å². The lowest BCUT2D eigenvalue weighted by atomic mass is 9.71. The van der Waals surface area contributed by atoms with Crippen LogP contribution in [0.1, 0.15) is 65.7 Å². The molecule has 0 saturated heterocycles. The molecular formula is C17H33NO. The van der Waals surface area contributed by atoms with Gasteiger partial charge in [-0.25, -0.2) is 0 Å². The highest BCUT2D eigenvalue weighted by Gasteiger charge is 2.29. The van der Waals surface area contributed by atoms with E-state index in [9.17, 15) is 0 Å². The van der Waals surface area contributed by atoms with Crippen molar-refractivity contribution < 1.29 is 4.74 Å². The van der Waals surface area contributed by atoms with Crippen molar-refractivity contribution in [1.82, 2.24) is 5.32 Å². The number of ether oxygens (including phenoxy) is 1. The van der Waals surface area contributed by atoms with Crippen LogP contribution in [0.3, 0.4) is 0 Å². The number of hydrogen-bond acceptors (Lipinski definition) is 2. The molecule has 0 aromatic heterocycles. The van der Waals surface area contributed by atoms with Crippen LogP contribution in [0.5, 0.6) is 0 Å². The Labute approximate surface area is 119 Å². The SMILES string of the molecule is CC(C)(C)C1CCC(NCCCOCC2CC2)CC1. The van der Waals surface area contributed by atoms with Crippen LogP contribution < -0.4 is 5.32 Å². The summed E-state index contributed by atoms with van der Waals surface area (Å²) in [5, 5.41) is 3.72. The van der Waals surface area contributed by atoms with Gasteiger partial charge in [0.1, 0.15) is 0 Å². The van der Waals surface area contributed by atoms with Crippen molar-refractivity contribution in [2.24, 2.45) is 17.3 Å². The molecule has 2 heteroatoms. The molecule has 0 radical (unpaired) electrons. The zero-order valence-electron chi connectivity index (χ0n) is 13.2. The van der Waals surface area contributed by atoms with E-state index in [1.807, 2.05) is 0 Å². The second-order valence-corrected chi connectivity index (χ2v) is 7.74. The maximum atomic E-state index is 5.67. The van der Waals surface area contributed by atoms with Gasteiger partial charge in [0.05, 0.1) is 0 Å². The topological polar surface area (TPSA) is 21.3 Å². The van der Waals surface area contributed by atoms with Crippen molar-refractivity contribution in [3.05, 3.63) is 0 Å². The molecule has 2 nitrogen and oxygen atoms in total. The fraction of sp³-hybridized carbons (Fsp3) is 1.00. The molecule has 112 valence electrons. The summed E-state index contributed by atoms with van der Waals surface area (Å²) < 4.78 is 5.67. The highest BCUT2D eigenvalue weighted by atomic mass is 16.5. The molecule has 0 aliphatic heterocycles. The minimum atomic E-state index is 0.502. The first kappa shape index (κ1) is 15.3. The Morgan fingerprint density at radius 1 is 1.00 bits per heavy atom. The Balaban J connectivity index is 1.46. The van der Waals surface area contributed by atoms with Gasteiger partial charge in [0.2, 0.25) is 0 Å². The van der Waals surface area contributed by atoms with E-state index in [2.05, 4.69) is 26.1 Å². The van der Waals surface area contributed by atoms with Gasteiger partial charge in [0, 0.05) is 19.3 Å². The van der Waals surface area contributed by atoms with Crippen molar-refractivity contribution in [3.8, 4) is 0 Å². The molecule has 0 aromatic carbocycles. The van der Waals surface area contributed by atoms with E-state index in [0.717, 1.165) is 37.6 Å². The second kappa shape index (κ2) is 7.08. The van der Waals surface area contributed by atoms with Crippen molar-refractivity contribution in [2.75, 3.05) is 19.8 Å². The Bertz CT molecular complexity index is 246. The molecule has 0 bridgehead atoms. The number of rotatable bonds is 7. The summed E-state index contributed by atoms with van der Waals surface area (Å²) in [5.74, 6) is 1.83. The molecule has 1 N–H and O–H groups in total. The Morgan fingerprint density at radius 2 is 1.68 bits per heavy atom. The van der Waals surface area contributed by atoms with Gasteiger partial charge >= 0.3 is 0 Å². The van der Waals surface area contributed by atoms with Gasteiger partial charge < -0.3 is 10.1 Å². The van der Waals surface area contributed by atoms with Crippen molar-refractivity contribution in [2.45, 2.75) is 71.8 Å². The van der Waals surface area contributed by atoms with E-state index < -0.39 is 0 Å². The second-order valence-electron chi connectivity index (χ2n) is 7.74. The lowest BCUT2D eigenvalue weighted by molar-refractivity contribution is 0.119. The number of hydrogen-bond donors (Lipinski definition) is 1. The van der Waals surface area contributed by atoms with E-state index in [-0.39, 0.29) is 0 Å². The summed E-state index contributed by atoms with van der Waals surface area (Å²) in [5.41, 5.74) is 0.502. The normalized spacial score (nSPS) is 28.6. The highest BCUT2D eigenvalue weighted by Crippen LogP contribution is 2.37. The summed E-state index contributed by atoms with van der Waals surface area (Å²) in [4.78, 5) is 0. The molecule has 2 rings (SSSR count). The summed E-state index contributed by atoms with van der Waals surface area (Å²) in [6, 6.07) is 0.766. The molecular weight excluding hydrogens is 234 g/mol. The van der Waals surface area contributed by atoms with Crippen molar-refractivity contribution >= 4 is 0 Å². The monoisotopic (exact) mass is 267 g/mol. The summed E-state index contributed by atoms with van der Waals surface area (Å²) in [7, 11) is 0. The first-order valence-corrected chi connectivity index (χ1v) is 8.37. The summed E-state index contributed by atoms with van der Waals surface area (Å²) in [6.07, 6.45) is 9.50. The standard InChI is InChI=1S/C17H33NO/c1-17(2,3)15-7-9-16(10-8-15)18-11-4-12-19-13-14-5-6-14/h14-16,18H,4-13H2,1-3H3. The Hall–Kier alpha value is -0.0800. The molecule has 2 aliphatic rings. The minimum Gasteiger partial charge on any atom is -0.381 e. The molecule has 19 heavy (non-hydrogen) atoms. The fourth-order valence-electron chi connectivity index (χ4n) is 3.18. The van der Waals surface area contributed by atoms with Gasteiger partial charge in [-0.05, 0) is 68.7 Å². The van der Waals surface area contributed by atoms with Crippen LogP contribution >= 0.6 is 0 Å². The van der Waals surface area contributed by atoms with Gasteiger partial charge in [-0.3, -0.25) is 0 Å². The van der Waals surface area contributed by atoms with E-state index in [1.165, 1.54) is 44.9 Å².